The van der Waals surface area contributed by atoms with Crippen LogP contribution in [0.15, 0.2) is 78.9 Å². The van der Waals surface area contributed by atoms with Gasteiger partial charge >= 0.3 is 5.97 Å². The van der Waals surface area contributed by atoms with E-state index in [4.69, 9.17) is 4.74 Å². The van der Waals surface area contributed by atoms with E-state index < -0.39 is 5.97 Å². The molecule has 0 radical (unpaired) electrons. The summed E-state index contributed by atoms with van der Waals surface area (Å²) in [5.74, 6) is -0.701. The minimum Gasteiger partial charge on any atom is -0.462 e. The molecule has 144 valence electrons. The van der Waals surface area contributed by atoms with Gasteiger partial charge in [0.05, 0.1) is 12.2 Å². The first-order valence-electron chi connectivity index (χ1n) is 9.33. The molecule has 4 rings (SSSR count). The summed E-state index contributed by atoms with van der Waals surface area (Å²) in [5, 5.41) is 5.27. The highest BCUT2D eigenvalue weighted by Crippen LogP contribution is 2.36. The fourth-order valence-corrected chi connectivity index (χ4v) is 4.23. The van der Waals surface area contributed by atoms with Gasteiger partial charge in [0.1, 0.15) is 5.00 Å². The molecule has 1 heterocycles. The number of ether oxygens (including phenoxy) is 1. The summed E-state index contributed by atoms with van der Waals surface area (Å²) in [4.78, 5) is 26.4. The van der Waals surface area contributed by atoms with Crippen LogP contribution in [0.3, 0.4) is 0 Å². The van der Waals surface area contributed by atoms with E-state index in [1.165, 1.54) is 11.3 Å². The molecule has 0 saturated carbocycles. The summed E-state index contributed by atoms with van der Waals surface area (Å²) >= 11 is 1.36. The highest BCUT2D eigenvalue weighted by molar-refractivity contribution is 7.20. The van der Waals surface area contributed by atoms with Gasteiger partial charge in [-0.25, -0.2) is 4.79 Å². The third-order valence-electron chi connectivity index (χ3n) is 4.55. The smallest absolute Gasteiger partial charge is 0.341 e. The Bertz CT molecular complexity index is 1180. The number of benzene rings is 3. The molecule has 0 saturated heterocycles. The second-order valence-corrected chi connectivity index (χ2v) is 7.47. The molecule has 29 heavy (non-hydrogen) atoms. The monoisotopic (exact) mass is 401 g/mol. The number of esters is 1. The zero-order valence-corrected chi connectivity index (χ0v) is 16.7. The summed E-state index contributed by atoms with van der Waals surface area (Å²) in [5.41, 5.74) is 1.91. The van der Waals surface area contributed by atoms with E-state index in [1.54, 1.807) is 19.1 Å². The first-order chi connectivity index (χ1) is 14.2. The number of nitrogens with one attached hydrogen (secondary N) is 1. The molecule has 1 amide bonds. The average molecular weight is 401 g/mol. The molecule has 3 aromatic carbocycles. The Morgan fingerprint density at radius 3 is 2.41 bits per heavy atom. The number of fused-ring (bicyclic) bond motifs is 1. The Kier molecular flexibility index (Phi) is 5.40. The van der Waals surface area contributed by atoms with Crippen molar-refractivity contribution in [1.29, 1.82) is 0 Å². The van der Waals surface area contributed by atoms with Crippen LogP contribution >= 0.6 is 11.3 Å². The van der Waals surface area contributed by atoms with Crippen LogP contribution in [0.4, 0.5) is 5.00 Å². The van der Waals surface area contributed by atoms with Crippen LogP contribution in [0.25, 0.3) is 21.2 Å². The Labute approximate surface area is 172 Å². The number of hydrogen-bond donors (Lipinski definition) is 1. The van der Waals surface area contributed by atoms with E-state index in [0.29, 0.717) is 16.1 Å². The summed E-state index contributed by atoms with van der Waals surface area (Å²) in [6.45, 7) is 2.03. The van der Waals surface area contributed by atoms with Gasteiger partial charge in [-0.2, -0.15) is 0 Å². The minimum atomic E-state index is -0.445. The van der Waals surface area contributed by atoms with E-state index in [9.17, 15) is 9.59 Å². The molecule has 4 aromatic rings. The number of carbonyl (C=O) groups is 2. The van der Waals surface area contributed by atoms with Crippen molar-refractivity contribution in [2.24, 2.45) is 0 Å². The Balaban J connectivity index is 1.72. The van der Waals surface area contributed by atoms with Gasteiger partial charge in [-0.05, 0) is 35.4 Å². The van der Waals surface area contributed by atoms with Gasteiger partial charge in [-0.3, -0.25) is 4.79 Å². The van der Waals surface area contributed by atoms with Crippen molar-refractivity contribution in [1.82, 2.24) is 0 Å². The fraction of sp³-hybridized carbons (Fsp3) is 0.0833. The normalized spacial score (nSPS) is 10.7. The molecular weight excluding hydrogens is 382 g/mol. The van der Waals surface area contributed by atoms with E-state index in [-0.39, 0.29) is 12.5 Å². The van der Waals surface area contributed by atoms with E-state index >= 15 is 0 Å². The van der Waals surface area contributed by atoms with Crippen molar-refractivity contribution >= 4 is 39.0 Å². The maximum Gasteiger partial charge on any atom is 0.341 e. The molecular formula is C24H19NO3S. The molecule has 0 aliphatic heterocycles. The van der Waals surface area contributed by atoms with Crippen molar-refractivity contribution in [2.75, 3.05) is 11.9 Å². The van der Waals surface area contributed by atoms with Crippen LogP contribution < -0.4 is 5.32 Å². The number of thiophene rings is 1. The first kappa shape index (κ1) is 18.9. The second kappa shape index (κ2) is 8.29. The molecule has 5 heteroatoms. The van der Waals surface area contributed by atoms with Crippen molar-refractivity contribution in [3.05, 3.63) is 90.0 Å². The first-order valence-corrected chi connectivity index (χ1v) is 10.1. The molecule has 0 aliphatic carbocycles. The van der Waals surface area contributed by atoms with Gasteiger partial charge in [0, 0.05) is 10.4 Å². The second-order valence-electron chi connectivity index (χ2n) is 6.42. The lowest BCUT2D eigenvalue weighted by atomic mass is 10.0. The van der Waals surface area contributed by atoms with Gasteiger partial charge in [0.15, 0.2) is 0 Å². The minimum absolute atomic E-state index is 0.256. The number of carbonyl (C=O) groups excluding carboxylic acids is 2. The van der Waals surface area contributed by atoms with E-state index in [2.05, 4.69) is 5.32 Å². The fourth-order valence-electron chi connectivity index (χ4n) is 3.18. The third kappa shape index (κ3) is 3.91. The quantitative estimate of drug-likeness (QED) is 0.418. The molecule has 0 spiro atoms. The van der Waals surface area contributed by atoms with Crippen LogP contribution in [-0.4, -0.2) is 18.5 Å². The standard InChI is InChI=1S/C24H19NO3S/c1-2-28-24(27)20-15-21(17-10-4-3-5-11-17)29-23(20)25-22(26)19-14-8-12-16-9-6-7-13-18(16)19/h3-15H,2H2,1H3,(H,25,26). The van der Waals surface area contributed by atoms with Gasteiger partial charge in [0.2, 0.25) is 0 Å². The Hall–Kier alpha value is -3.44. The molecule has 0 unspecified atom stereocenters. The van der Waals surface area contributed by atoms with Gasteiger partial charge in [0.25, 0.3) is 5.91 Å². The Morgan fingerprint density at radius 1 is 0.897 bits per heavy atom. The van der Waals surface area contributed by atoms with E-state index in [0.717, 1.165) is 21.2 Å². The van der Waals surface area contributed by atoms with Crippen LogP contribution in [0.1, 0.15) is 27.6 Å². The van der Waals surface area contributed by atoms with Crippen LogP contribution in [-0.2, 0) is 4.74 Å². The molecule has 0 bridgehead atoms. The number of anilines is 1. The molecule has 1 aromatic heterocycles. The summed E-state index contributed by atoms with van der Waals surface area (Å²) in [6.07, 6.45) is 0. The van der Waals surface area contributed by atoms with Gasteiger partial charge in [-0.1, -0.05) is 66.7 Å². The highest BCUT2D eigenvalue weighted by atomic mass is 32.1. The van der Waals surface area contributed by atoms with Crippen molar-refractivity contribution in [3.8, 4) is 10.4 Å². The summed E-state index contributed by atoms with van der Waals surface area (Å²) in [7, 11) is 0. The SMILES string of the molecule is CCOC(=O)c1cc(-c2ccccc2)sc1NC(=O)c1cccc2ccccc12. The number of amides is 1. The number of rotatable bonds is 5. The number of hydrogen-bond acceptors (Lipinski definition) is 4. The lowest BCUT2D eigenvalue weighted by Crippen LogP contribution is -2.14. The van der Waals surface area contributed by atoms with Crippen molar-refractivity contribution in [2.45, 2.75) is 6.92 Å². The predicted molar refractivity (Wildman–Crippen MR) is 118 cm³/mol. The predicted octanol–water partition coefficient (Wildman–Crippen LogP) is 6.00. The van der Waals surface area contributed by atoms with Crippen molar-refractivity contribution in [3.63, 3.8) is 0 Å². The van der Waals surface area contributed by atoms with Crippen molar-refractivity contribution < 1.29 is 14.3 Å². The maximum absolute atomic E-state index is 13.0. The van der Waals surface area contributed by atoms with Gasteiger partial charge in [-0.15, -0.1) is 11.3 Å². The highest BCUT2D eigenvalue weighted by Gasteiger charge is 2.21. The molecule has 0 fully saturated rings. The zero-order chi connectivity index (χ0) is 20.2. The zero-order valence-electron chi connectivity index (χ0n) is 15.8. The topological polar surface area (TPSA) is 55.4 Å². The van der Waals surface area contributed by atoms with Crippen LogP contribution in [0.2, 0.25) is 0 Å². The molecule has 4 nitrogen and oxygen atoms in total. The van der Waals surface area contributed by atoms with Crippen LogP contribution in [0.5, 0.6) is 0 Å². The summed E-state index contributed by atoms with van der Waals surface area (Å²) < 4.78 is 5.19. The van der Waals surface area contributed by atoms with E-state index in [1.807, 2.05) is 66.7 Å². The third-order valence-corrected chi connectivity index (χ3v) is 5.65. The lowest BCUT2D eigenvalue weighted by molar-refractivity contribution is 0.0528. The molecule has 0 atom stereocenters. The largest absolute Gasteiger partial charge is 0.462 e. The van der Waals surface area contributed by atoms with Crippen LogP contribution in [0, 0.1) is 0 Å². The maximum atomic E-state index is 13.0. The summed E-state index contributed by atoms with van der Waals surface area (Å²) in [6, 6.07) is 24.9. The van der Waals surface area contributed by atoms with Gasteiger partial charge < -0.3 is 10.1 Å². The Morgan fingerprint density at radius 2 is 1.62 bits per heavy atom. The lowest BCUT2D eigenvalue weighted by Gasteiger charge is -2.08. The molecule has 1 N–H and O–H groups in total. The molecule has 0 aliphatic rings. The average Bonchev–Trinajstić information content (AvgIpc) is 3.18.